The van der Waals surface area contributed by atoms with Crippen LogP contribution in [0.1, 0.15) is 11.1 Å². The average Bonchev–Trinajstić information content (AvgIpc) is 2.83. The molecule has 0 fully saturated rings. The smallest absolute Gasteiger partial charge is 0.226 e. The highest BCUT2D eigenvalue weighted by atomic mass is 35.5. The average molecular weight is 288 g/mol. The Morgan fingerprint density at radius 3 is 2.50 bits per heavy atom. The van der Waals surface area contributed by atoms with E-state index in [1.54, 1.807) is 6.33 Å². The Bertz CT molecular complexity index is 760. The third kappa shape index (κ3) is 2.20. The minimum atomic E-state index is 0.191. The van der Waals surface area contributed by atoms with Crippen molar-refractivity contribution < 1.29 is 0 Å². The zero-order valence-corrected chi connectivity index (χ0v) is 12.2. The normalized spacial score (nSPS) is 11.0. The molecule has 3 aromatic rings. The van der Waals surface area contributed by atoms with E-state index in [0.29, 0.717) is 11.5 Å². The highest BCUT2D eigenvalue weighted by Crippen LogP contribution is 2.29. The van der Waals surface area contributed by atoms with Crippen molar-refractivity contribution in [1.82, 2.24) is 19.9 Å². The fourth-order valence-electron chi connectivity index (χ4n) is 2.30. The third-order valence-corrected chi connectivity index (χ3v) is 3.32. The summed E-state index contributed by atoms with van der Waals surface area (Å²) in [4.78, 5) is 17.6. The molecule has 1 N–H and O–H groups in total. The van der Waals surface area contributed by atoms with Gasteiger partial charge in [0.05, 0.1) is 6.33 Å². The summed E-state index contributed by atoms with van der Waals surface area (Å²) < 4.78 is 0. The molecule has 20 heavy (non-hydrogen) atoms. The number of imidazole rings is 1. The Labute approximate surface area is 121 Å². The summed E-state index contributed by atoms with van der Waals surface area (Å²) in [6, 6.07) is 6.34. The summed E-state index contributed by atoms with van der Waals surface area (Å²) in [5.41, 5.74) is 4.79. The van der Waals surface area contributed by atoms with E-state index in [0.717, 1.165) is 11.2 Å². The van der Waals surface area contributed by atoms with E-state index >= 15 is 0 Å². The number of anilines is 2. The second-order valence-electron chi connectivity index (χ2n) is 4.82. The number of rotatable bonds is 2. The van der Waals surface area contributed by atoms with E-state index in [2.05, 4.69) is 52.0 Å². The van der Waals surface area contributed by atoms with Gasteiger partial charge in [0.2, 0.25) is 5.28 Å². The van der Waals surface area contributed by atoms with Crippen LogP contribution in [-0.2, 0) is 0 Å². The number of hydrogen-bond acceptors (Lipinski definition) is 4. The maximum Gasteiger partial charge on any atom is 0.226 e. The number of nitrogens with zero attached hydrogens (tertiary/aromatic N) is 4. The van der Waals surface area contributed by atoms with E-state index in [4.69, 9.17) is 11.6 Å². The van der Waals surface area contributed by atoms with Gasteiger partial charge in [-0.15, -0.1) is 0 Å². The van der Waals surface area contributed by atoms with Crippen molar-refractivity contribution in [3.8, 4) is 0 Å². The Kier molecular flexibility index (Phi) is 3.06. The van der Waals surface area contributed by atoms with Gasteiger partial charge in [0.25, 0.3) is 0 Å². The predicted octanol–water partition coefficient (Wildman–Crippen LogP) is 3.39. The van der Waals surface area contributed by atoms with Crippen LogP contribution in [0.15, 0.2) is 24.5 Å². The zero-order valence-electron chi connectivity index (χ0n) is 11.5. The van der Waals surface area contributed by atoms with E-state index < -0.39 is 0 Å². The van der Waals surface area contributed by atoms with Gasteiger partial charge in [-0.25, -0.2) is 4.98 Å². The van der Waals surface area contributed by atoms with Gasteiger partial charge in [0, 0.05) is 12.7 Å². The summed E-state index contributed by atoms with van der Waals surface area (Å²) in [6.45, 7) is 4.15. The van der Waals surface area contributed by atoms with Crippen LogP contribution in [0.3, 0.4) is 0 Å². The first-order valence-electron chi connectivity index (χ1n) is 6.23. The van der Waals surface area contributed by atoms with E-state index in [1.165, 1.54) is 11.1 Å². The van der Waals surface area contributed by atoms with Crippen LogP contribution in [0.4, 0.5) is 11.5 Å². The third-order valence-electron chi connectivity index (χ3n) is 3.15. The van der Waals surface area contributed by atoms with Gasteiger partial charge < -0.3 is 9.88 Å². The van der Waals surface area contributed by atoms with Crippen LogP contribution >= 0.6 is 11.6 Å². The molecule has 0 aliphatic carbocycles. The monoisotopic (exact) mass is 287 g/mol. The fourth-order valence-corrected chi connectivity index (χ4v) is 2.46. The number of H-pyrrole nitrogens is 1. The number of aromatic nitrogens is 4. The highest BCUT2D eigenvalue weighted by Gasteiger charge is 2.14. The maximum absolute atomic E-state index is 5.97. The molecular weight excluding hydrogens is 274 g/mol. The van der Waals surface area contributed by atoms with Crippen molar-refractivity contribution in [3.05, 3.63) is 40.9 Å². The molecule has 0 atom stereocenters. The first-order chi connectivity index (χ1) is 9.54. The van der Waals surface area contributed by atoms with Crippen molar-refractivity contribution in [2.75, 3.05) is 11.9 Å². The van der Waals surface area contributed by atoms with Crippen molar-refractivity contribution in [1.29, 1.82) is 0 Å². The standard InChI is InChI=1S/C14H14ClN5/c1-8-4-9(2)6-10(5-8)20(3)13-11-12(17-7-16-11)18-14(15)19-13/h4-7H,1-3H3,(H,16,17,18,19). The van der Waals surface area contributed by atoms with Crippen molar-refractivity contribution in [2.45, 2.75) is 13.8 Å². The maximum atomic E-state index is 5.97. The first kappa shape index (κ1) is 12.9. The van der Waals surface area contributed by atoms with E-state index in [9.17, 15) is 0 Å². The fraction of sp³-hybridized carbons (Fsp3) is 0.214. The van der Waals surface area contributed by atoms with Crippen LogP contribution in [0.2, 0.25) is 5.28 Å². The van der Waals surface area contributed by atoms with Crippen molar-refractivity contribution >= 4 is 34.3 Å². The van der Waals surface area contributed by atoms with Gasteiger partial charge in [-0.1, -0.05) is 6.07 Å². The van der Waals surface area contributed by atoms with E-state index in [-0.39, 0.29) is 5.28 Å². The summed E-state index contributed by atoms with van der Waals surface area (Å²) in [7, 11) is 1.95. The molecule has 102 valence electrons. The van der Waals surface area contributed by atoms with Gasteiger partial charge >= 0.3 is 0 Å². The van der Waals surface area contributed by atoms with Gasteiger partial charge in [-0.2, -0.15) is 9.97 Å². The predicted molar refractivity (Wildman–Crippen MR) is 80.7 cm³/mol. The molecule has 1 aromatic carbocycles. The van der Waals surface area contributed by atoms with E-state index in [1.807, 2.05) is 11.9 Å². The molecule has 6 heteroatoms. The summed E-state index contributed by atoms with van der Waals surface area (Å²) in [5.74, 6) is 0.711. The van der Waals surface area contributed by atoms with Gasteiger partial charge in [0.15, 0.2) is 11.5 Å². The van der Waals surface area contributed by atoms with Gasteiger partial charge in [0.1, 0.15) is 5.52 Å². The molecule has 0 saturated heterocycles. The SMILES string of the molecule is Cc1cc(C)cc(N(C)c2nc(Cl)nc3nc[nH]c23)c1. The van der Waals surface area contributed by atoms with Crippen LogP contribution in [0.5, 0.6) is 0 Å². The minimum Gasteiger partial charge on any atom is -0.340 e. The second-order valence-corrected chi connectivity index (χ2v) is 5.16. The molecule has 0 radical (unpaired) electrons. The quantitative estimate of drug-likeness (QED) is 0.734. The molecule has 5 nitrogen and oxygen atoms in total. The molecule has 2 heterocycles. The van der Waals surface area contributed by atoms with Gasteiger partial charge in [-0.05, 0) is 48.7 Å². The lowest BCUT2D eigenvalue weighted by molar-refractivity contribution is 1.10. The number of fused-ring (bicyclic) bond motifs is 1. The van der Waals surface area contributed by atoms with Crippen LogP contribution in [-0.4, -0.2) is 27.0 Å². The minimum absolute atomic E-state index is 0.191. The molecule has 3 rings (SSSR count). The molecule has 0 aliphatic heterocycles. The largest absolute Gasteiger partial charge is 0.340 e. The number of nitrogens with one attached hydrogen (secondary N) is 1. The van der Waals surface area contributed by atoms with Crippen LogP contribution < -0.4 is 4.90 Å². The number of aromatic amines is 1. The van der Waals surface area contributed by atoms with Crippen LogP contribution in [0, 0.1) is 13.8 Å². The van der Waals surface area contributed by atoms with Crippen LogP contribution in [0.25, 0.3) is 11.2 Å². The molecule has 2 aromatic heterocycles. The van der Waals surface area contributed by atoms with Crippen molar-refractivity contribution in [2.24, 2.45) is 0 Å². The molecule has 0 spiro atoms. The highest BCUT2D eigenvalue weighted by molar-refractivity contribution is 6.28. The molecule has 0 saturated carbocycles. The Morgan fingerprint density at radius 1 is 1.10 bits per heavy atom. The molecular formula is C14H14ClN5. The number of hydrogen-bond donors (Lipinski definition) is 1. The number of halogens is 1. The molecule has 0 aliphatic rings. The first-order valence-corrected chi connectivity index (χ1v) is 6.61. The lowest BCUT2D eigenvalue weighted by Gasteiger charge is -2.20. The lowest BCUT2D eigenvalue weighted by Crippen LogP contribution is -2.13. The Morgan fingerprint density at radius 2 is 1.80 bits per heavy atom. The Balaban J connectivity index is 2.16. The summed E-state index contributed by atoms with van der Waals surface area (Å²) in [5, 5.41) is 0.191. The summed E-state index contributed by atoms with van der Waals surface area (Å²) >= 11 is 5.97. The molecule has 0 amide bonds. The molecule has 0 unspecified atom stereocenters. The second kappa shape index (κ2) is 4.76. The number of aryl methyl sites for hydroxylation is 2. The molecule has 0 bridgehead atoms. The number of benzene rings is 1. The lowest BCUT2D eigenvalue weighted by atomic mass is 10.1. The van der Waals surface area contributed by atoms with Gasteiger partial charge in [-0.3, -0.25) is 0 Å². The Hall–Kier alpha value is -2.14. The van der Waals surface area contributed by atoms with Crippen molar-refractivity contribution in [3.63, 3.8) is 0 Å². The topological polar surface area (TPSA) is 57.7 Å². The summed E-state index contributed by atoms with van der Waals surface area (Å²) in [6.07, 6.45) is 1.59. The zero-order chi connectivity index (χ0) is 14.3.